The Morgan fingerprint density at radius 3 is 2.27 bits per heavy atom. The number of rotatable bonds is 4. The third kappa shape index (κ3) is 2.88. The summed E-state index contributed by atoms with van der Waals surface area (Å²) in [6.45, 7) is 8.77. The van der Waals surface area contributed by atoms with Gasteiger partial charge in [-0.15, -0.1) is 0 Å². The summed E-state index contributed by atoms with van der Waals surface area (Å²) in [5.41, 5.74) is 0.275. The van der Waals surface area contributed by atoms with Gasteiger partial charge in [0.25, 0.3) is 11.5 Å². The zero-order valence-electron chi connectivity index (χ0n) is 16.0. The largest absolute Gasteiger partial charge is 0.335 e. The lowest BCUT2D eigenvalue weighted by atomic mass is 10.2. The minimum absolute atomic E-state index is 0.0695. The summed E-state index contributed by atoms with van der Waals surface area (Å²) >= 11 is 0. The van der Waals surface area contributed by atoms with Crippen molar-refractivity contribution in [3.8, 4) is 0 Å². The summed E-state index contributed by atoms with van der Waals surface area (Å²) < 4.78 is 4.37. The minimum atomic E-state index is -0.381. The van der Waals surface area contributed by atoms with Gasteiger partial charge in [0.1, 0.15) is 11.3 Å². The van der Waals surface area contributed by atoms with E-state index < -0.39 is 0 Å². The van der Waals surface area contributed by atoms with Crippen molar-refractivity contribution < 1.29 is 4.79 Å². The van der Waals surface area contributed by atoms with Gasteiger partial charge in [0.05, 0.1) is 5.39 Å². The number of likely N-dealkylation sites (N-methyl/N-ethyl adjacent to an activating group) is 1. The molecule has 0 N–H and O–H groups in total. The molecule has 3 rings (SSSR count). The fourth-order valence-electron chi connectivity index (χ4n) is 3.70. The van der Waals surface area contributed by atoms with Crippen LogP contribution in [0.4, 0.5) is 0 Å². The second-order valence-corrected chi connectivity index (χ2v) is 6.85. The Hall–Kier alpha value is -2.35. The number of aromatic nitrogens is 3. The maximum Gasteiger partial charge on any atom is 0.332 e. The summed E-state index contributed by atoms with van der Waals surface area (Å²) in [7, 11) is 3.11. The summed E-state index contributed by atoms with van der Waals surface area (Å²) in [5, 5.41) is 0.415. The Bertz CT molecular complexity index is 944. The van der Waals surface area contributed by atoms with Gasteiger partial charge in [-0.1, -0.05) is 13.8 Å². The molecule has 1 amide bonds. The maximum absolute atomic E-state index is 13.1. The average molecular weight is 361 g/mol. The molecule has 26 heavy (non-hydrogen) atoms. The van der Waals surface area contributed by atoms with E-state index in [2.05, 4.69) is 11.8 Å². The maximum atomic E-state index is 13.1. The molecule has 0 radical (unpaired) electrons. The molecular weight excluding hydrogens is 334 g/mol. The number of amides is 1. The van der Waals surface area contributed by atoms with Gasteiger partial charge in [-0.05, 0) is 19.0 Å². The number of carbonyl (C=O) groups is 1. The van der Waals surface area contributed by atoms with Gasteiger partial charge >= 0.3 is 5.69 Å². The molecule has 2 aromatic rings. The zero-order chi connectivity index (χ0) is 19.0. The molecule has 1 aliphatic heterocycles. The molecule has 8 heteroatoms. The van der Waals surface area contributed by atoms with E-state index in [1.807, 2.05) is 16.4 Å². The highest BCUT2D eigenvalue weighted by Crippen LogP contribution is 2.19. The molecular formula is C18H27N5O3. The smallest absolute Gasteiger partial charge is 0.332 e. The van der Waals surface area contributed by atoms with E-state index in [4.69, 9.17) is 0 Å². The van der Waals surface area contributed by atoms with Gasteiger partial charge in [-0.2, -0.15) is 0 Å². The van der Waals surface area contributed by atoms with Crippen molar-refractivity contribution in [2.75, 3.05) is 32.7 Å². The second-order valence-electron chi connectivity index (χ2n) is 6.85. The molecule has 0 unspecified atom stereocenters. The molecule has 2 aromatic heterocycles. The van der Waals surface area contributed by atoms with Crippen molar-refractivity contribution >= 4 is 16.9 Å². The fraction of sp³-hybridized carbons (Fsp3) is 0.611. The Kier molecular flexibility index (Phi) is 5.04. The molecule has 0 atom stereocenters. The van der Waals surface area contributed by atoms with Crippen LogP contribution in [0.1, 0.15) is 30.8 Å². The topological polar surface area (TPSA) is 72.5 Å². The van der Waals surface area contributed by atoms with E-state index in [0.717, 1.165) is 30.6 Å². The van der Waals surface area contributed by atoms with Crippen LogP contribution in [0.3, 0.4) is 0 Å². The van der Waals surface area contributed by atoms with Crippen molar-refractivity contribution in [1.29, 1.82) is 0 Å². The number of piperazine rings is 1. The molecule has 0 spiro atoms. The van der Waals surface area contributed by atoms with E-state index >= 15 is 0 Å². The van der Waals surface area contributed by atoms with Gasteiger partial charge in [0, 0.05) is 46.8 Å². The van der Waals surface area contributed by atoms with Crippen LogP contribution in [-0.4, -0.2) is 62.1 Å². The van der Waals surface area contributed by atoms with Crippen LogP contribution in [-0.2, 0) is 20.6 Å². The molecule has 1 aliphatic rings. The summed E-state index contributed by atoms with van der Waals surface area (Å²) in [6.07, 6.45) is 0.803. The van der Waals surface area contributed by atoms with Crippen LogP contribution in [0.2, 0.25) is 0 Å². The monoisotopic (exact) mass is 361 g/mol. The first-order valence-corrected chi connectivity index (χ1v) is 9.21. The standard InChI is InChI=1S/C18H27N5O3/c1-5-7-23-14(17(25)22-10-8-21(6-2)9-11-22)12-13-15(23)19(3)18(26)20(4)16(13)24/h12H,5-11H2,1-4H3. The first-order chi connectivity index (χ1) is 12.4. The Morgan fingerprint density at radius 2 is 1.69 bits per heavy atom. The minimum Gasteiger partial charge on any atom is -0.335 e. The van der Waals surface area contributed by atoms with Crippen molar-refractivity contribution in [1.82, 2.24) is 23.5 Å². The van der Waals surface area contributed by atoms with Crippen LogP contribution in [0.5, 0.6) is 0 Å². The first-order valence-electron chi connectivity index (χ1n) is 9.21. The van der Waals surface area contributed by atoms with Gasteiger partial charge < -0.3 is 14.4 Å². The van der Waals surface area contributed by atoms with Crippen LogP contribution >= 0.6 is 0 Å². The van der Waals surface area contributed by atoms with E-state index in [-0.39, 0.29) is 17.2 Å². The number of nitrogens with zero attached hydrogens (tertiary/aromatic N) is 5. The predicted molar refractivity (Wildman–Crippen MR) is 101 cm³/mol. The fourth-order valence-corrected chi connectivity index (χ4v) is 3.70. The molecule has 0 aliphatic carbocycles. The third-order valence-electron chi connectivity index (χ3n) is 5.27. The van der Waals surface area contributed by atoms with E-state index in [1.54, 1.807) is 13.1 Å². The van der Waals surface area contributed by atoms with Crippen molar-refractivity contribution in [2.45, 2.75) is 26.8 Å². The lowest BCUT2D eigenvalue weighted by Crippen LogP contribution is -2.48. The SMILES string of the molecule is CCCn1c(C(=O)N2CCN(CC)CC2)cc2c(=O)n(C)c(=O)n(C)c21. The van der Waals surface area contributed by atoms with Gasteiger partial charge in [-0.3, -0.25) is 18.7 Å². The van der Waals surface area contributed by atoms with Crippen molar-refractivity contribution in [3.05, 3.63) is 32.6 Å². The molecule has 3 heterocycles. The second kappa shape index (κ2) is 7.11. The van der Waals surface area contributed by atoms with Crippen LogP contribution in [0.15, 0.2) is 15.7 Å². The molecule has 1 fully saturated rings. The van der Waals surface area contributed by atoms with E-state index in [0.29, 0.717) is 36.4 Å². The lowest BCUT2D eigenvalue weighted by Gasteiger charge is -2.34. The summed E-state index contributed by atoms with van der Waals surface area (Å²) in [4.78, 5) is 42.2. The van der Waals surface area contributed by atoms with Gasteiger partial charge in [0.2, 0.25) is 0 Å². The third-order valence-corrected chi connectivity index (χ3v) is 5.27. The Balaban J connectivity index is 2.11. The molecule has 0 aromatic carbocycles. The molecule has 142 valence electrons. The summed E-state index contributed by atoms with van der Waals surface area (Å²) in [6, 6.07) is 1.65. The number of aryl methyl sites for hydroxylation is 2. The Labute approximate surface area is 152 Å². The van der Waals surface area contributed by atoms with E-state index in [1.165, 1.54) is 11.6 Å². The van der Waals surface area contributed by atoms with Crippen LogP contribution in [0.25, 0.3) is 11.0 Å². The van der Waals surface area contributed by atoms with Crippen LogP contribution < -0.4 is 11.2 Å². The van der Waals surface area contributed by atoms with Gasteiger partial charge in [0.15, 0.2) is 0 Å². The quantitative estimate of drug-likeness (QED) is 0.781. The number of fused-ring (bicyclic) bond motifs is 1. The predicted octanol–water partition coefficient (Wildman–Crippen LogP) is 0.226. The molecule has 0 saturated carbocycles. The van der Waals surface area contributed by atoms with Crippen LogP contribution in [0, 0.1) is 0 Å². The molecule has 8 nitrogen and oxygen atoms in total. The molecule has 1 saturated heterocycles. The van der Waals surface area contributed by atoms with Crippen molar-refractivity contribution in [3.63, 3.8) is 0 Å². The highest BCUT2D eigenvalue weighted by atomic mass is 16.2. The number of hydrogen-bond donors (Lipinski definition) is 0. The Morgan fingerprint density at radius 1 is 1.04 bits per heavy atom. The first kappa shape index (κ1) is 18.4. The van der Waals surface area contributed by atoms with Crippen molar-refractivity contribution in [2.24, 2.45) is 14.1 Å². The molecule has 0 bridgehead atoms. The highest BCUT2D eigenvalue weighted by molar-refractivity contribution is 5.98. The summed E-state index contributed by atoms with van der Waals surface area (Å²) in [5.74, 6) is -0.0695. The number of hydrogen-bond acceptors (Lipinski definition) is 4. The zero-order valence-corrected chi connectivity index (χ0v) is 16.0. The van der Waals surface area contributed by atoms with Gasteiger partial charge in [-0.25, -0.2) is 4.79 Å². The lowest BCUT2D eigenvalue weighted by molar-refractivity contribution is 0.0633. The number of carbonyl (C=O) groups excluding carboxylic acids is 1. The normalized spacial score (nSPS) is 15.8. The highest BCUT2D eigenvalue weighted by Gasteiger charge is 2.26. The van der Waals surface area contributed by atoms with E-state index in [9.17, 15) is 14.4 Å². The average Bonchev–Trinajstić information content (AvgIpc) is 3.04.